The number of hydrogen-bond acceptors (Lipinski definition) is 4. The van der Waals surface area contributed by atoms with Crippen LogP contribution in [0.25, 0.3) is 11.3 Å². The van der Waals surface area contributed by atoms with Gasteiger partial charge in [-0.25, -0.2) is 16.8 Å². The van der Waals surface area contributed by atoms with Crippen LogP contribution in [0.1, 0.15) is 36.4 Å². The van der Waals surface area contributed by atoms with Gasteiger partial charge in [0.15, 0.2) is 0 Å². The summed E-state index contributed by atoms with van der Waals surface area (Å²) in [4.78, 5) is 4.03. The Morgan fingerprint density at radius 1 is 1.18 bits per heavy atom. The first kappa shape index (κ1) is 18.8. The summed E-state index contributed by atoms with van der Waals surface area (Å²) in [6, 6.07) is 9.46. The maximum atomic E-state index is 14.7. The van der Waals surface area contributed by atoms with Crippen molar-refractivity contribution in [3.63, 3.8) is 0 Å². The highest BCUT2D eigenvalue weighted by molar-refractivity contribution is 7.90. The largest absolute Gasteiger partial charge is 0.313 e. The van der Waals surface area contributed by atoms with E-state index in [0.717, 1.165) is 30.4 Å². The molecule has 0 saturated heterocycles. The fourth-order valence-corrected chi connectivity index (χ4v) is 5.32. The van der Waals surface area contributed by atoms with E-state index < -0.39 is 15.8 Å². The Morgan fingerprint density at radius 3 is 2.71 bits per heavy atom. The van der Waals surface area contributed by atoms with Gasteiger partial charge in [-0.3, -0.25) is 4.98 Å². The third-order valence-electron chi connectivity index (χ3n) is 5.32. The monoisotopic (exact) mass is 399 g/mol. The molecule has 3 aromatic rings. The average molecular weight is 399 g/mol. The molecule has 1 aliphatic rings. The van der Waals surface area contributed by atoms with E-state index in [-0.39, 0.29) is 10.9 Å². The van der Waals surface area contributed by atoms with Gasteiger partial charge in [0.1, 0.15) is 10.7 Å². The number of nitrogens with zero attached hydrogens (tertiary/aromatic N) is 2. The highest BCUT2D eigenvalue weighted by Crippen LogP contribution is 2.39. The molecule has 0 bridgehead atoms. The number of fused-ring (bicyclic) bond motifs is 1. The van der Waals surface area contributed by atoms with Gasteiger partial charge in [-0.2, -0.15) is 0 Å². The normalized spacial score (nSPS) is 17.1. The lowest BCUT2D eigenvalue weighted by Crippen LogP contribution is -2.16. The van der Waals surface area contributed by atoms with E-state index in [4.69, 9.17) is 0 Å². The molecule has 0 amide bonds. The van der Waals surface area contributed by atoms with E-state index in [9.17, 15) is 12.8 Å². The van der Waals surface area contributed by atoms with Gasteiger partial charge in [-0.05, 0) is 61.7 Å². The highest BCUT2D eigenvalue weighted by Gasteiger charge is 2.30. The predicted molar refractivity (Wildman–Crippen MR) is 106 cm³/mol. The molecule has 7 heteroatoms. The lowest BCUT2D eigenvalue weighted by molar-refractivity contribution is 0.532. The smallest absolute Gasteiger partial charge is 0.269 e. The quantitative estimate of drug-likeness (QED) is 0.676. The number of rotatable bonds is 4. The van der Waals surface area contributed by atoms with Crippen LogP contribution in [0.15, 0.2) is 59.9 Å². The van der Waals surface area contributed by atoms with Gasteiger partial charge in [0.05, 0.1) is 5.69 Å². The summed E-state index contributed by atoms with van der Waals surface area (Å²) in [7, 11) is -2.04. The Balaban J connectivity index is 2.03. The van der Waals surface area contributed by atoms with E-state index in [1.807, 2.05) is 7.05 Å². The molecular formula is C21H22FN3O2S. The van der Waals surface area contributed by atoms with E-state index in [0.29, 0.717) is 17.7 Å². The number of hydrogen-bond donors (Lipinski definition) is 1. The van der Waals surface area contributed by atoms with Crippen LogP contribution < -0.4 is 5.32 Å². The van der Waals surface area contributed by atoms with Crippen molar-refractivity contribution >= 4 is 10.0 Å². The molecule has 1 unspecified atom stereocenters. The van der Waals surface area contributed by atoms with E-state index in [1.165, 1.54) is 28.5 Å². The summed E-state index contributed by atoms with van der Waals surface area (Å²) in [5, 5.41) is 3.28. The predicted octanol–water partition coefficient (Wildman–Crippen LogP) is 3.91. The van der Waals surface area contributed by atoms with Crippen LogP contribution in [-0.4, -0.2) is 24.4 Å². The molecule has 0 fully saturated rings. The number of nitrogens with one attached hydrogen (secondary N) is 1. The van der Waals surface area contributed by atoms with Gasteiger partial charge in [0.25, 0.3) is 10.0 Å². The Kier molecular flexibility index (Phi) is 5.03. The molecule has 0 aliphatic heterocycles. The molecule has 1 N–H and O–H groups in total. The van der Waals surface area contributed by atoms with Gasteiger partial charge in [-0.1, -0.05) is 18.6 Å². The standard InChI is InChI=1S/C21H22FN3O2S/c1-23-20-11-5-3-8-16-18(20)14-25(21(16)17-9-2-4-10-19(17)22)28(26,27)15-7-6-12-24-13-15/h2,4,6-7,9-10,12-14,20,23H,3,5,8,11H2,1H3. The van der Waals surface area contributed by atoms with Crippen LogP contribution in [0.5, 0.6) is 0 Å². The van der Waals surface area contributed by atoms with E-state index in [2.05, 4.69) is 10.3 Å². The second kappa shape index (κ2) is 7.48. The summed E-state index contributed by atoms with van der Waals surface area (Å²) in [6.07, 6.45) is 8.10. The molecule has 1 atom stereocenters. The van der Waals surface area contributed by atoms with Crippen molar-refractivity contribution < 1.29 is 12.8 Å². The van der Waals surface area contributed by atoms with Gasteiger partial charge in [0, 0.05) is 30.2 Å². The first-order valence-corrected chi connectivity index (χ1v) is 10.8. The van der Waals surface area contributed by atoms with Crippen LogP contribution in [0.3, 0.4) is 0 Å². The third kappa shape index (κ3) is 3.14. The molecule has 5 nitrogen and oxygen atoms in total. The molecule has 1 aromatic carbocycles. The Morgan fingerprint density at radius 2 is 2.00 bits per heavy atom. The molecule has 0 radical (unpaired) electrons. The van der Waals surface area contributed by atoms with E-state index >= 15 is 0 Å². The van der Waals surface area contributed by atoms with Crippen molar-refractivity contribution in [1.82, 2.24) is 14.3 Å². The molecule has 4 rings (SSSR count). The topological polar surface area (TPSA) is 64.0 Å². The summed E-state index contributed by atoms with van der Waals surface area (Å²) >= 11 is 0. The van der Waals surface area contributed by atoms with Crippen molar-refractivity contribution in [3.8, 4) is 11.3 Å². The van der Waals surface area contributed by atoms with Gasteiger partial charge in [0.2, 0.25) is 0 Å². The van der Waals surface area contributed by atoms with Gasteiger partial charge >= 0.3 is 0 Å². The Hall–Kier alpha value is -2.51. The van der Waals surface area contributed by atoms with Crippen LogP contribution in [0.4, 0.5) is 4.39 Å². The molecule has 0 spiro atoms. The third-order valence-corrected chi connectivity index (χ3v) is 6.97. The summed E-state index contributed by atoms with van der Waals surface area (Å²) in [5.41, 5.74) is 2.53. The SMILES string of the molecule is CNC1CCCCc2c1cn(S(=O)(=O)c1cccnc1)c2-c1ccccc1F. The second-order valence-corrected chi connectivity index (χ2v) is 8.78. The number of benzene rings is 1. The van der Waals surface area contributed by atoms with E-state index in [1.54, 1.807) is 30.5 Å². The van der Waals surface area contributed by atoms with Crippen molar-refractivity contribution in [1.29, 1.82) is 0 Å². The van der Waals surface area contributed by atoms with Crippen LogP contribution in [-0.2, 0) is 16.4 Å². The Labute approximate surface area is 164 Å². The zero-order valence-corrected chi connectivity index (χ0v) is 16.4. The summed E-state index contributed by atoms with van der Waals surface area (Å²) in [5.74, 6) is -0.434. The van der Waals surface area contributed by atoms with Crippen molar-refractivity contribution in [2.75, 3.05) is 7.05 Å². The fourth-order valence-electron chi connectivity index (χ4n) is 3.94. The molecule has 28 heavy (non-hydrogen) atoms. The zero-order chi connectivity index (χ0) is 19.7. The lowest BCUT2D eigenvalue weighted by atomic mass is 9.99. The maximum Gasteiger partial charge on any atom is 0.269 e. The van der Waals surface area contributed by atoms with Crippen LogP contribution >= 0.6 is 0 Å². The number of aromatic nitrogens is 2. The molecule has 2 heterocycles. The average Bonchev–Trinajstić information content (AvgIpc) is 2.97. The molecule has 146 valence electrons. The highest BCUT2D eigenvalue weighted by atomic mass is 32.2. The van der Waals surface area contributed by atoms with Gasteiger partial charge in [-0.15, -0.1) is 0 Å². The van der Waals surface area contributed by atoms with Crippen LogP contribution in [0, 0.1) is 5.82 Å². The summed E-state index contributed by atoms with van der Waals surface area (Å²) in [6.45, 7) is 0. The van der Waals surface area contributed by atoms with Crippen LogP contribution in [0.2, 0.25) is 0 Å². The molecular weight excluding hydrogens is 377 g/mol. The maximum absolute atomic E-state index is 14.7. The number of pyridine rings is 1. The zero-order valence-electron chi connectivity index (χ0n) is 15.6. The first-order chi connectivity index (χ1) is 13.5. The Bertz CT molecular complexity index is 1090. The lowest BCUT2D eigenvalue weighted by Gasteiger charge is -2.13. The number of halogens is 1. The molecule has 2 aromatic heterocycles. The minimum atomic E-state index is -3.91. The minimum Gasteiger partial charge on any atom is -0.313 e. The van der Waals surface area contributed by atoms with Gasteiger partial charge < -0.3 is 5.32 Å². The summed E-state index contributed by atoms with van der Waals surface area (Å²) < 4.78 is 42.8. The van der Waals surface area contributed by atoms with Crippen molar-refractivity contribution in [2.24, 2.45) is 0 Å². The van der Waals surface area contributed by atoms with Crippen molar-refractivity contribution in [2.45, 2.75) is 36.6 Å². The second-order valence-electron chi connectivity index (χ2n) is 6.97. The van der Waals surface area contributed by atoms with Crippen molar-refractivity contribution in [3.05, 3.63) is 71.9 Å². The molecule has 0 saturated carbocycles. The molecule has 1 aliphatic carbocycles. The minimum absolute atomic E-state index is 0.0355. The first-order valence-electron chi connectivity index (χ1n) is 9.36. The fraction of sp³-hybridized carbons (Fsp3) is 0.286.